The van der Waals surface area contributed by atoms with Gasteiger partial charge in [0.05, 0.1) is 18.9 Å². The number of likely N-dealkylation sites (tertiary alicyclic amines) is 1. The van der Waals surface area contributed by atoms with Crippen molar-refractivity contribution in [2.75, 3.05) is 45.6 Å². The monoisotopic (exact) mass is 569 g/mol. The third-order valence-electron chi connectivity index (χ3n) is 7.77. The van der Waals surface area contributed by atoms with E-state index in [-0.39, 0.29) is 43.3 Å². The number of amides is 2. The van der Waals surface area contributed by atoms with Crippen LogP contribution in [0, 0.1) is 5.92 Å². The predicted octanol–water partition coefficient (Wildman–Crippen LogP) is 4.32. The summed E-state index contributed by atoms with van der Waals surface area (Å²) in [6.45, 7) is 3.47. The first-order chi connectivity index (χ1) is 18.2. The Labute approximate surface area is 233 Å². The van der Waals surface area contributed by atoms with Gasteiger partial charge < -0.3 is 14.5 Å². The van der Waals surface area contributed by atoms with E-state index in [2.05, 4.69) is 0 Å². The standard InChI is InChI=1S/C28H44ClN3O5S/c1-3-19-38(35,36)31(17-18-37-2)22-28(34)32(21-24-9-6-10-25(29)20-24)26-13-15-30(16-14-26)27(33)12-11-23-7-4-5-8-23/h6,9-10,20,23,26H,3-5,7-8,11-19,21-22H2,1-2H3. The van der Waals surface area contributed by atoms with Gasteiger partial charge in [0, 0.05) is 50.8 Å². The van der Waals surface area contributed by atoms with Crippen molar-refractivity contribution >= 4 is 33.4 Å². The summed E-state index contributed by atoms with van der Waals surface area (Å²) < 4.78 is 32.1. The van der Waals surface area contributed by atoms with Gasteiger partial charge in [0.15, 0.2) is 0 Å². The molecule has 1 saturated heterocycles. The summed E-state index contributed by atoms with van der Waals surface area (Å²) in [5.74, 6) is 0.637. The Bertz CT molecular complexity index is 1010. The van der Waals surface area contributed by atoms with Crippen molar-refractivity contribution in [3.05, 3.63) is 34.9 Å². The van der Waals surface area contributed by atoms with Crippen molar-refractivity contribution in [1.29, 1.82) is 0 Å². The Hall–Kier alpha value is -1.68. The Morgan fingerprint density at radius 3 is 2.47 bits per heavy atom. The molecule has 214 valence electrons. The second-order valence-corrected chi connectivity index (χ2v) is 13.1. The lowest BCUT2D eigenvalue weighted by Crippen LogP contribution is -2.51. The summed E-state index contributed by atoms with van der Waals surface area (Å²) in [7, 11) is -2.07. The molecule has 1 aliphatic carbocycles. The van der Waals surface area contributed by atoms with Crippen LogP contribution in [-0.4, -0.2) is 86.0 Å². The van der Waals surface area contributed by atoms with Crippen LogP contribution in [-0.2, 0) is 30.9 Å². The van der Waals surface area contributed by atoms with Gasteiger partial charge in [0.2, 0.25) is 21.8 Å². The molecule has 0 aromatic heterocycles. The highest BCUT2D eigenvalue weighted by atomic mass is 35.5. The average molecular weight is 570 g/mol. The highest BCUT2D eigenvalue weighted by Crippen LogP contribution is 2.29. The molecular formula is C28H44ClN3O5S. The molecule has 38 heavy (non-hydrogen) atoms. The fourth-order valence-corrected chi connectivity index (χ4v) is 7.25. The number of piperidine rings is 1. The van der Waals surface area contributed by atoms with Gasteiger partial charge in [-0.3, -0.25) is 9.59 Å². The topological polar surface area (TPSA) is 87.2 Å². The van der Waals surface area contributed by atoms with Crippen LogP contribution in [0.2, 0.25) is 5.02 Å². The summed E-state index contributed by atoms with van der Waals surface area (Å²) in [6.07, 6.45) is 8.43. The van der Waals surface area contributed by atoms with Gasteiger partial charge in [-0.2, -0.15) is 4.31 Å². The highest BCUT2D eigenvalue weighted by Gasteiger charge is 2.33. The van der Waals surface area contributed by atoms with E-state index in [1.165, 1.54) is 37.1 Å². The number of halogens is 1. The van der Waals surface area contributed by atoms with Crippen LogP contribution in [0.1, 0.15) is 70.3 Å². The molecule has 2 amide bonds. The molecule has 8 nitrogen and oxygen atoms in total. The fraction of sp³-hybridized carbons (Fsp3) is 0.714. The molecule has 1 saturated carbocycles. The number of carbonyl (C=O) groups is 2. The molecule has 0 radical (unpaired) electrons. The first kappa shape index (κ1) is 30.9. The molecule has 3 rings (SSSR count). The molecule has 0 bridgehead atoms. The van der Waals surface area contributed by atoms with E-state index in [0.29, 0.717) is 56.3 Å². The van der Waals surface area contributed by atoms with Gasteiger partial charge in [0.25, 0.3) is 0 Å². The molecule has 1 aromatic rings. The second kappa shape index (κ2) is 15.2. The van der Waals surface area contributed by atoms with Crippen molar-refractivity contribution in [2.24, 2.45) is 5.92 Å². The quantitative estimate of drug-likeness (QED) is 0.333. The van der Waals surface area contributed by atoms with E-state index in [4.69, 9.17) is 16.3 Å². The predicted molar refractivity (Wildman–Crippen MR) is 150 cm³/mol. The molecule has 1 aliphatic heterocycles. The highest BCUT2D eigenvalue weighted by molar-refractivity contribution is 7.89. The fourth-order valence-electron chi connectivity index (χ4n) is 5.60. The van der Waals surface area contributed by atoms with Crippen LogP contribution in [0.4, 0.5) is 0 Å². The van der Waals surface area contributed by atoms with Crippen LogP contribution in [0.5, 0.6) is 0 Å². The van der Waals surface area contributed by atoms with Gasteiger partial charge in [-0.25, -0.2) is 8.42 Å². The molecule has 0 atom stereocenters. The Morgan fingerprint density at radius 2 is 1.84 bits per heavy atom. The molecule has 1 heterocycles. The van der Waals surface area contributed by atoms with Crippen LogP contribution in [0.25, 0.3) is 0 Å². The minimum atomic E-state index is -3.59. The van der Waals surface area contributed by atoms with Gasteiger partial charge >= 0.3 is 0 Å². The number of rotatable bonds is 14. The minimum absolute atomic E-state index is 0.0142. The van der Waals surface area contributed by atoms with Crippen LogP contribution < -0.4 is 0 Å². The normalized spacial score (nSPS) is 17.3. The van der Waals surface area contributed by atoms with Crippen molar-refractivity contribution in [2.45, 2.75) is 77.3 Å². The van der Waals surface area contributed by atoms with E-state index >= 15 is 0 Å². The van der Waals surface area contributed by atoms with E-state index in [0.717, 1.165) is 12.0 Å². The van der Waals surface area contributed by atoms with Crippen LogP contribution in [0.15, 0.2) is 24.3 Å². The second-order valence-electron chi connectivity index (χ2n) is 10.6. The molecule has 0 N–H and O–H groups in total. The maximum atomic E-state index is 13.7. The van der Waals surface area contributed by atoms with Gasteiger partial charge in [-0.15, -0.1) is 0 Å². The molecular weight excluding hydrogens is 526 g/mol. The number of carbonyl (C=O) groups excluding carboxylic acids is 2. The van der Waals surface area contributed by atoms with E-state index < -0.39 is 10.0 Å². The zero-order valence-corrected chi connectivity index (χ0v) is 24.5. The third-order valence-corrected chi connectivity index (χ3v) is 10.0. The molecule has 0 unspecified atom stereocenters. The SMILES string of the molecule is CCCS(=O)(=O)N(CCOC)CC(=O)N(Cc1cccc(Cl)c1)C1CCN(C(=O)CCC2CCCC2)CC1. The number of hydrogen-bond acceptors (Lipinski definition) is 5. The molecule has 2 fully saturated rings. The lowest BCUT2D eigenvalue weighted by molar-refractivity contribution is -0.137. The first-order valence-corrected chi connectivity index (χ1v) is 16.0. The molecule has 0 spiro atoms. The average Bonchev–Trinajstić information content (AvgIpc) is 3.42. The van der Waals surface area contributed by atoms with Gasteiger partial charge in [0.1, 0.15) is 0 Å². The van der Waals surface area contributed by atoms with E-state index in [9.17, 15) is 18.0 Å². The smallest absolute Gasteiger partial charge is 0.238 e. The van der Waals surface area contributed by atoms with Gasteiger partial charge in [-0.05, 0) is 49.3 Å². The number of benzene rings is 1. The summed E-state index contributed by atoms with van der Waals surface area (Å²) in [5.41, 5.74) is 0.890. The maximum Gasteiger partial charge on any atom is 0.238 e. The number of methoxy groups -OCH3 is 1. The first-order valence-electron chi connectivity index (χ1n) is 14.0. The number of ether oxygens (including phenoxy) is 1. The summed E-state index contributed by atoms with van der Waals surface area (Å²) in [4.78, 5) is 30.3. The van der Waals surface area contributed by atoms with Crippen molar-refractivity contribution < 1.29 is 22.7 Å². The van der Waals surface area contributed by atoms with E-state index in [1.807, 2.05) is 30.0 Å². The van der Waals surface area contributed by atoms with E-state index in [1.54, 1.807) is 11.0 Å². The lowest BCUT2D eigenvalue weighted by atomic mass is 9.99. The zero-order valence-electron chi connectivity index (χ0n) is 22.9. The van der Waals surface area contributed by atoms with Gasteiger partial charge in [-0.1, -0.05) is 56.3 Å². The summed E-state index contributed by atoms with van der Waals surface area (Å²) in [6, 6.07) is 7.31. The van der Waals surface area contributed by atoms with Crippen molar-refractivity contribution in [1.82, 2.24) is 14.1 Å². The van der Waals surface area contributed by atoms with Crippen LogP contribution in [0.3, 0.4) is 0 Å². The summed E-state index contributed by atoms with van der Waals surface area (Å²) in [5, 5.41) is 0.588. The number of hydrogen-bond donors (Lipinski definition) is 0. The number of sulfonamides is 1. The molecule has 2 aliphatic rings. The maximum absolute atomic E-state index is 13.7. The summed E-state index contributed by atoms with van der Waals surface area (Å²) >= 11 is 6.21. The molecule has 10 heteroatoms. The van der Waals surface area contributed by atoms with Crippen molar-refractivity contribution in [3.63, 3.8) is 0 Å². The minimum Gasteiger partial charge on any atom is -0.383 e. The largest absolute Gasteiger partial charge is 0.383 e. The Morgan fingerprint density at radius 1 is 1.13 bits per heavy atom. The third kappa shape index (κ3) is 9.21. The number of nitrogens with zero attached hydrogens (tertiary/aromatic N) is 3. The Balaban J connectivity index is 1.69. The Kier molecular flexibility index (Phi) is 12.3. The van der Waals surface area contributed by atoms with Crippen LogP contribution >= 0.6 is 11.6 Å². The molecule has 1 aromatic carbocycles. The van der Waals surface area contributed by atoms with Crippen molar-refractivity contribution in [3.8, 4) is 0 Å². The zero-order chi connectivity index (χ0) is 27.5. The lowest BCUT2D eigenvalue weighted by Gasteiger charge is -2.39.